The molecule has 0 spiro atoms. The maximum absolute atomic E-state index is 13.3. The number of methoxy groups -OCH3 is 1. The first-order valence-corrected chi connectivity index (χ1v) is 12.2. The molecule has 0 bridgehead atoms. The summed E-state index contributed by atoms with van der Waals surface area (Å²) in [4.78, 5) is 26.2. The molecule has 4 rings (SSSR count). The fraction of sp³-hybridized carbons (Fsp3) is 0.625. The molecular formula is C24H36N6O6. The molecule has 1 saturated heterocycles. The van der Waals surface area contributed by atoms with Crippen molar-refractivity contribution in [1.82, 2.24) is 24.5 Å². The van der Waals surface area contributed by atoms with Crippen LogP contribution in [0.15, 0.2) is 11.0 Å². The van der Waals surface area contributed by atoms with Crippen LogP contribution >= 0.6 is 0 Å². The van der Waals surface area contributed by atoms with Crippen LogP contribution in [0.3, 0.4) is 0 Å². The van der Waals surface area contributed by atoms with Crippen molar-refractivity contribution < 1.29 is 24.5 Å². The van der Waals surface area contributed by atoms with Crippen molar-refractivity contribution in [3.05, 3.63) is 38.6 Å². The third-order valence-electron chi connectivity index (χ3n) is 6.26. The van der Waals surface area contributed by atoms with E-state index in [1.807, 2.05) is 20.8 Å². The molecule has 1 aliphatic carbocycles. The molecule has 2 atom stereocenters. The van der Waals surface area contributed by atoms with E-state index in [-0.39, 0.29) is 28.2 Å². The first kappa shape index (κ1) is 26.3. The molecule has 3 heterocycles. The van der Waals surface area contributed by atoms with Crippen molar-refractivity contribution >= 4 is 17.6 Å². The predicted octanol–water partition coefficient (Wildman–Crippen LogP) is 0.0639. The largest absolute Gasteiger partial charge is 0.608 e. The Hall–Kier alpha value is -2.77. The van der Waals surface area contributed by atoms with Crippen molar-refractivity contribution in [2.75, 3.05) is 33.5 Å². The molecule has 2 aromatic rings. The van der Waals surface area contributed by atoms with E-state index in [0.717, 1.165) is 17.4 Å². The third-order valence-corrected chi connectivity index (χ3v) is 6.26. The number of aromatic nitrogens is 3. The molecule has 1 aliphatic heterocycles. The summed E-state index contributed by atoms with van der Waals surface area (Å²) in [5.74, 6) is -1.02. The zero-order valence-electron chi connectivity index (χ0n) is 21.5. The Bertz CT molecular complexity index is 1210. The minimum absolute atomic E-state index is 0.0223. The van der Waals surface area contributed by atoms with Crippen molar-refractivity contribution in [1.29, 1.82) is 0 Å². The van der Waals surface area contributed by atoms with E-state index in [0.29, 0.717) is 49.8 Å². The van der Waals surface area contributed by atoms with Crippen LogP contribution in [-0.2, 0) is 16.0 Å². The number of hydroxylamine groups is 1. The van der Waals surface area contributed by atoms with E-state index in [1.54, 1.807) is 25.1 Å². The van der Waals surface area contributed by atoms with Crippen molar-refractivity contribution in [2.45, 2.75) is 59.2 Å². The van der Waals surface area contributed by atoms with E-state index in [2.05, 4.69) is 10.4 Å². The first-order chi connectivity index (χ1) is 17.0. The van der Waals surface area contributed by atoms with Gasteiger partial charge in [-0.05, 0) is 25.2 Å². The second kappa shape index (κ2) is 10.3. The van der Waals surface area contributed by atoms with Crippen LogP contribution in [0, 0.1) is 17.5 Å². The molecule has 12 nitrogen and oxygen atoms in total. The van der Waals surface area contributed by atoms with Gasteiger partial charge in [-0.3, -0.25) is 19.3 Å². The van der Waals surface area contributed by atoms with E-state index in [4.69, 9.17) is 9.47 Å². The van der Waals surface area contributed by atoms with Gasteiger partial charge in [0.15, 0.2) is 5.56 Å². The summed E-state index contributed by atoms with van der Waals surface area (Å²) in [5.41, 5.74) is 0.0103. The van der Waals surface area contributed by atoms with Gasteiger partial charge in [-0.2, -0.15) is 9.61 Å². The molecule has 2 fully saturated rings. The molecule has 1 amide bonds. The van der Waals surface area contributed by atoms with Gasteiger partial charge in [0, 0.05) is 31.3 Å². The number of hydrogen-bond donors (Lipinski definition) is 3. The van der Waals surface area contributed by atoms with Crippen LogP contribution in [0.5, 0.6) is 5.88 Å². The van der Waals surface area contributed by atoms with Crippen LogP contribution in [0.25, 0.3) is 11.7 Å². The molecule has 3 N–H and O–H groups in total. The second-order valence-electron chi connectivity index (χ2n) is 10.7. The van der Waals surface area contributed by atoms with Gasteiger partial charge in [0.05, 0.1) is 32.1 Å². The lowest BCUT2D eigenvalue weighted by atomic mass is 9.96. The summed E-state index contributed by atoms with van der Waals surface area (Å²) in [5, 5.41) is 32.9. The van der Waals surface area contributed by atoms with E-state index in [1.165, 1.54) is 10.8 Å². The van der Waals surface area contributed by atoms with E-state index in [9.17, 15) is 19.9 Å². The normalized spacial score (nSPS) is 20.3. The first-order valence-electron chi connectivity index (χ1n) is 12.2. The molecule has 0 aromatic carbocycles. The van der Waals surface area contributed by atoms with Crippen molar-refractivity contribution in [2.24, 2.45) is 5.41 Å². The number of aromatic hydroxyl groups is 1. The molecule has 2 aliphatic rings. The standard InChI is InChI=1S/C24H36N6O6/c1-15-18(8-9-29(34)28-10-11-36-13-17(28)12-35-5)21-27(14-24(2,3)4)22(32)19(23(33)30(21)26-15)20(31)25-16-6-7-16/h8-9,16-17,29,32H,6-7,10-14H2,1-5H3,(H,25,31)/b9-8+/t17-/m0/s1. The SMILES string of the molecule is COC[C@H]1COCCN1[NH+]([O-])/C=C/c1c(C)nn2c(=O)c(C(=O)NC3CC3)c(O)n(CC(C)(C)C)c12. The van der Waals surface area contributed by atoms with Crippen LogP contribution in [-0.4, -0.2) is 75.8 Å². The Labute approximate surface area is 209 Å². The number of carbonyl (C=O) groups excluding carboxylic acids is 1. The topological polar surface area (TPSA) is 138 Å². The number of rotatable bonds is 8. The Balaban J connectivity index is 1.79. The number of ether oxygens (including phenoxy) is 2. The van der Waals surface area contributed by atoms with Crippen molar-refractivity contribution in [3.8, 4) is 5.88 Å². The van der Waals surface area contributed by atoms with Gasteiger partial charge >= 0.3 is 0 Å². The van der Waals surface area contributed by atoms with Crippen LogP contribution in [0.1, 0.15) is 55.2 Å². The Morgan fingerprint density at radius 1 is 1.39 bits per heavy atom. The third kappa shape index (κ3) is 5.47. The summed E-state index contributed by atoms with van der Waals surface area (Å²) in [7, 11) is 1.58. The molecule has 0 radical (unpaired) electrons. The van der Waals surface area contributed by atoms with Gasteiger partial charge in [-0.1, -0.05) is 20.8 Å². The minimum Gasteiger partial charge on any atom is -0.608 e. The van der Waals surface area contributed by atoms with Crippen LogP contribution in [0.4, 0.5) is 0 Å². The minimum atomic E-state index is -0.701. The highest BCUT2D eigenvalue weighted by Crippen LogP contribution is 2.28. The van der Waals surface area contributed by atoms with E-state index >= 15 is 0 Å². The highest BCUT2D eigenvalue weighted by atomic mass is 16.6. The fourth-order valence-electron chi connectivity index (χ4n) is 4.39. The lowest BCUT2D eigenvalue weighted by molar-refractivity contribution is -0.931. The number of fused-ring (bicyclic) bond motifs is 1. The van der Waals surface area contributed by atoms with E-state index < -0.39 is 17.3 Å². The summed E-state index contributed by atoms with van der Waals surface area (Å²) < 4.78 is 13.4. The predicted molar refractivity (Wildman–Crippen MR) is 132 cm³/mol. The lowest BCUT2D eigenvalue weighted by Gasteiger charge is -2.39. The molecule has 2 aromatic heterocycles. The molecule has 36 heavy (non-hydrogen) atoms. The highest BCUT2D eigenvalue weighted by molar-refractivity contribution is 5.96. The Kier molecular flexibility index (Phi) is 7.53. The number of hydrogen-bond acceptors (Lipinski definition) is 8. The van der Waals surface area contributed by atoms with Crippen molar-refractivity contribution in [3.63, 3.8) is 0 Å². The lowest BCUT2D eigenvalue weighted by Crippen LogP contribution is -3.11. The number of carbonyl (C=O) groups is 1. The number of quaternary nitrogens is 1. The average molecular weight is 505 g/mol. The summed E-state index contributed by atoms with van der Waals surface area (Å²) >= 11 is 0. The quantitative estimate of drug-likeness (QED) is 0.429. The zero-order chi connectivity index (χ0) is 26.2. The maximum atomic E-state index is 13.3. The van der Waals surface area contributed by atoms with Gasteiger partial charge in [0.25, 0.3) is 11.5 Å². The number of nitrogens with one attached hydrogen (secondary N) is 2. The van der Waals surface area contributed by atoms with Crippen LogP contribution < -0.4 is 16.0 Å². The number of amides is 1. The summed E-state index contributed by atoms with van der Waals surface area (Å²) in [6.45, 7) is 9.64. The number of morpholine rings is 1. The molecule has 1 unspecified atom stereocenters. The second-order valence-corrected chi connectivity index (χ2v) is 10.7. The number of aryl methyl sites for hydroxylation is 1. The smallest absolute Gasteiger partial charge is 0.291 e. The zero-order valence-corrected chi connectivity index (χ0v) is 21.5. The molecule has 12 heteroatoms. The Morgan fingerprint density at radius 3 is 2.75 bits per heavy atom. The van der Waals surface area contributed by atoms with Gasteiger partial charge in [-0.15, -0.1) is 5.01 Å². The molecule has 1 saturated carbocycles. The maximum Gasteiger partial charge on any atom is 0.291 e. The van der Waals surface area contributed by atoms with Gasteiger partial charge in [0.2, 0.25) is 5.88 Å². The number of nitrogens with zero attached hydrogens (tertiary/aromatic N) is 4. The highest BCUT2D eigenvalue weighted by Gasteiger charge is 2.32. The van der Waals surface area contributed by atoms with Crippen LogP contribution in [0.2, 0.25) is 0 Å². The molecular weight excluding hydrogens is 468 g/mol. The average Bonchev–Trinajstić information content (AvgIpc) is 3.55. The monoisotopic (exact) mass is 504 g/mol. The van der Waals surface area contributed by atoms with Gasteiger partial charge in [-0.25, -0.2) is 0 Å². The summed E-state index contributed by atoms with van der Waals surface area (Å²) in [6.07, 6.45) is 4.75. The fourth-order valence-corrected chi connectivity index (χ4v) is 4.39. The van der Waals surface area contributed by atoms with Gasteiger partial charge < -0.3 is 25.1 Å². The summed E-state index contributed by atoms with van der Waals surface area (Å²) in [6, 6.07) is -0.171. The van der Waals surface area contributed by atoms with Gasteiger partial charge in [0.1, 0.15) is 17.9 Å². The Morgan fingerprint density at radius 2 is 2.11 bits per heavy atom. The molecule has 198 valence electrons.